The summed E-state index contributed by atoms with van der Waals surface area (Å²) in [6.07, 6.45) is 3.09. The monoisotopic (exact) mass is 422 g/mol. The minimum absolute atomic E-state index is 0.363. The van der Waals surface area contributed by atoms with Crippen LogP contribution in [0.15, 0.2) is 42.6 Å². The van der Waals surface area contributed by atoms with Crippen molar-refractivity contribution in [1.29, 1.82) is 0 Å². The summed E-state index contributed by atoms with van der Waals surface area (Å²) in [5.41, 5.74) is 3.67. The van der Waals surface area contributed by atoms with Crippen molar-refractivity contribution >= 4 is 10.9 Å². The van der Waals surface area contributed by atoms with Gasteiger partial charge >= 0.3 is 0 Å². The molecule has 5 rings (SSSR count). The number of methoxy groups -OCH3 is 1. The number of aliphatic hydroxyl groups excluding tert-OH is 2. The molecule has 6 nitrogen and oxygen atoms in total. The van der Waals surface area contributed by atoms with E-state index < -0.39 is 12.2 Å². The average molecular weight is 423 g/mol. The molecular weight excluding hydrogens is 392 g/mol. The van der Waals surface area contributed by atoms with E-state index in [1.165, 1.54) is 5.56 Å². The van der Waals surface area contributed by atoms with Crippen LogP contribution in [0, 0.1) is 6.92 Å². The molecule has 3 N–H and O–H groups in total. The fourth-order valence-corrected chi connectivity index (χ4v) is 5.07. The first-order valence-corrected chi connectivity index (χ1v) is 11.0. The molecule has 0 unspecified atom stereocenters. The number of aliphatic hydroxyl groups is 2. The van der Waals surface area contributed by atoms with Gasteiger partial charge in [-0.3, -0.25) is 0 Å². The SMILES string of the molecule is COc1ccc2c(c1)OC1(CCN(C[C@H](O)c3c[nH]c4cc(C)ccc34)CC1)C[C@H]2O. The van der Waals surface area contributed by atoms with Crippen LogP contribution in [0.3, 0.4) is 0 Å². The predicted molar refractivity (Wildman–Crippen MR) is 120 cm³/mol. The number of aromatic amines is 1. The van der Waals surface area contributed by atoms with Crippen molar-refractivity contribution < 1.29 is 19.7 Å². The molecule has 3 aromatic rings. The highest BCUT2D eigenvalue weighted by Crippen LogP contribution is 2.45. The molecule has 1 saturated heterocycles. The van der Waals surface area contributed by atoms with Gasteiger partial charge in [0.15, 0.2) is 0 Å². The van der Waals surface area contributed by atoms with E-state index in [2.05, 4.69) is 35.0 Å². The predicted octanol–water partition coefficient (Wildman–Crippen LogP) is 3.87. The number of rotatable bonds is 4. The molecule has 2 aliphatic heterocycles. The van der Waals surface area contributed by atoms with Crippen LogP contribution >= 0.6 is 0 Å². The lowest BCUT2D eigenvalue weighted by Gasteiger charge is -2.46. The number of fused-ring (bicyclic) bond motifs is 2. The number of hydrogen-bond acceptors (Lipinski definition) is 5. The van der Waals surface area contributed by atoms with Crippen molar-refractivity contribution in [2.24, 2.45) is 0 Å². The molecule has 1 fully saturated rings. The lowest BCUT2D eigenvalue weighted by atomic mass is 9.81. The zero-order chi connectivity index (χ0) is 21.6. The molecule has 2 aromatic carbocycles. The lowest BCUT2D eigenvalue weighted by Crippen LogP contribution is -2.51. The van der Waals surface area contributed by atoms with Crippen molar-refractivity contribution in [3.05, 3.63) is 59.3 Å². The Hall–Kier alpha value is -2.54. The standard InChI is InChI=1S/C25H30N2O4/c1-16-3-5-18-20(14-26-21(18)11-16)23(29)15-27-9-7-25(8-10-27)13-22(28)19-6-4-17(30-2)12-24(19)31-25/h3-6,11-12,14,22-23,26,28-29H,7-10,13,15H2,1-2H3/t22-,23+/m1/s1. The fourth-order valence-electron chi connectivity index (χ4n) is 5.07. The number of piperidine rings is 1. The van der Waals surface area contributed by atoms with Crippen LogP contribution in [-0.4, -0.2) is 52.4 Å². The number of aryl methyl sites for hydroxylation is 1. The number of H-pyrrole nitrogens is 1. The molecule has 1 spiro atoms. The maximum Gasteiger partial charge on any atom is 0.129 e. The highest BCUT2D eigenvalue weighted by atomic mass is 16.5. The zero-order valence-electron chi connectivity index (χ0n) is 18.1. The van der Waals surface area contributed by atoms with Gasteiger partial charge < -0.3 is 29.6 Å². The van der Waals surface area contributed by atoms with E-state index in [9.17, 15) is 10.2 Å². The smallest absolute Gasteiger partial charge is 0.129 e. The first kappa shape index (κ1) is 20.4. The maximum absolute atomic E-state index is 10.9. The molecule has 3 heterocycles. The highest BCUT2D eigenvalue weighted by Gasteiger charge is 2.43. The molecule has 0 amide bonds. The zero-order valence-corrected chi connectivity index (χ0v) is 18.1. The molecule has 0 bridgehead atoms. The minimum Gasteiger partial charge on any atom is -0.497 e. The van der Waals surface area contributed by atoms with Gasteiger partial charge in [-0.05, 0) is 43.5 Å². The van der Waals surface area contributed by atoms with E-state index in [1.54, 1.807) is 7.11 Å². The van der Waals surface area contributed by atoms with E-state index >= 15 is 0 Å². The summed E-state index contributed by atoms with van der Waals surface area (Å²) in [5.74, 6) is 1.46. The minimum atomic E-state index is -0.548. The number of ether oxygens (including phenoxy) is 2. The van der Waals surface area contributed by atoms with Crippen LogP contribution in [0.1, 0.15) is 48.2 Å². The van der Waals surface area contributed by atoms with Crippen LogP contribution in [0.2, 0.25) is 0 Å². The van der Waals surface area contributed by atoms with Gasteiger partial charge in [-0.15, -0.1) is 0 Å². The third kappa shape index (κ3) is 3.80. The molecule has 6 heteroatoms. The summed E-state index contributed by atoms with van der Waals surface area (Å²) in [7, 11) is 1.63. The van der Waals surface area contributed by atoms with Crippen molar-refractivity contribution in [3.63, 3.8) is 0 Å². The summed E-state index contributed by atoms with van der Waals surface area (Å²) < 4.78 is 11.8. The van der Waals surface area contributed by atoms with Gasteiger partial charge in [-0.2, -0.15) is 0 Å². The third-order valence-electron chi connectivity index (χ3n) is 6.90. The van der Waals surface area contributed by atoms with Crippen molar-refractivity contribution in [3.8, 4) is 11.5 Å². The largest absolute Gasteiger partial charge is 0.497 e. The number of benzene rings is 2. The Morgan fingerprint density at radius 3 is 2.81 bits per heavy atom. The number of hydrogen-bond donors (Lipinski definition) is 3. The second-order valence-corrected chi connectivity index (χ2v) is 9.02. The summed E-state index contributed by atoms with van der Waals surface area (Å²) in [5, 5.41) is 22.7. The number of nitrogens with zero attached hydrogens (tertiary/aromatic N) is 1. The van der Waals surface area contributed by atoms with Crippen LogP contribution in [-0.2, 0) is 0 Å². The molecular formula is C25H30N2O4. The van der Waals surface area contributed by atoms with Gasteiger partial charge in [0.25, 0.3) is 0 Å². The van der Waals surface area contributed by atoms with Crippen molar-refractivity contribution in [2.45, 2.75) is 44.0 Å². The lowest BCUT2D eigenvalue weighted by molar-refractivity contribution is -0.0588. The molecule has 0 aliphatic carbocycles. The molecule has 1 aromatic heterocycles. The maximum atomic E-state index is 10.9. The quantitative estimate of drug-likeness (QED) is 0.595. The Balaban J connectivity index is 1.26. The van der Waals surface area contributed by atoms with E-state index in [0.717, 1.165) is 59.5 Å². The number of aromatic nitrogens is 1. The van der Waals surface area contributed by atoms with Crippen molar-refractivity contribution in [2.75, 3.05) is 26.7 Å². The fraction of sp³-hybridized carbons (Fsp3) is 0.440. The first-order valence-electron chi connectivity index (χ1n) is 11.0. The van der Waals surface area contributed by atoms with E-state index in [-0.39, 0.29) is 5.60 Å². The third-order valence-corrected chi connectivity index (χ3v) is 6.90. The second kappa shape index (κ2) is 7.86. The van der Waals surface area contributed by atoms with Gasteiger partial charge in [0.2, 0.25) is 0 Å². The van der Waals surface area contributed by atoms with Gasteiger partial charge in [0.1, 0.15) is 17.1 Å². The van der Waals surface area contributed by atoms with Crippen molar-refractivity contribution in [1.82, 2.24) is 9.88 Å². The second-order valence-electron chi connectivity index (χ2n) is 9.02. The molecule has 2 aliphatic rings. The summed E-state index contributed by atoms with van der Waals surface area (Å²) in [6, 6.07) is 11.9. The molecule has 2 atom stereocenters. The molecule has 164 valence electrons. The topological polar surface area (TPSA) is 78.0 Å². The van der Waals surface area contributed by atoms with E-state index in [1.807, 2.05) is 24.4 Å². The summed E-state index contributed by atoms with van der Waals surface area (Å²) in [4.78, 5) is 5.57. The Bertz CT molecular complexity index is 1080. The first-order chi connectivity index (χ1) is 15.0. The number of likely N-dealkylation sites (tertiary alicyclic amines) is 1. The van der Waals surface area contributed by atoms with E-state index in [0.29, 0.717) is 13.0 Å². The van der Waals surface area contributed by atoms with Gasteiger partial charge in [-0.25, -0.2) is 0 Å². The average Bonchev–Trinajstić information content (AvgIpc) is 3.18. The molecule has 0 radical (unpaired) electrons. The Labute approximate surface area is 182 Å². The highest BCUT2D eigenvalue weighted by molar-refractivity contribution is 5.84. The Morgan fingerprint density at radius 1 is 1.23 bits per heavy atom. The Morgan fingerprint density at radius 2 is 2.03 bits per heavy atom. The molecule has 31 heavy (non-hydrogen) atoms. The number of nitrogens with one attached hydrogen (secondary N) is 1. The molecule has 0 saturated carbocycles. The van der Waals surface area contributed by atoms with E-state index in [4.69, 9.17) is 9.47 Å². The summed E-state index contributed by atoms with van der Waals surface area (Å²) >= 11 is 0. The summed E-state index contributed by atoms with van der Waals surface area (Å²) in [6.45, 7) is 4.30. The van der Waals surface area contributed by atoms with Crippen LogP contribution in [0.25, 0.3) is 10.9 Å². The van der Waals surface area contributed by atoms with Crippen LogP contribution < -0.4 is 9.47 Å². The van der Waals surface area contributed by atoms with Gasteiger partial charge in [0.05, 0.1) is 19.3 Å². The van der Waals surface area contributed by atoms with Crippen LogP contribution in [0.4, 0.5) is 0 Å². The Kier molecular flexibility index (Phi) is 5.16. The van der Waals surface area contributed by atoms with Crippen LogP contribution in [0.5, 0.6) is 11.5 Å². The van der Waals surface area contributed by atoms with Gasteiger partial charge in [0, 0.05) is 60.3 Å². The van der Waals surface area contributed by atoms with Gasteiger partial charge in [-0.1, -0.05) is 12.1 Å². The normalized spacial score (nSPS) is 21.6. The number of β-amino-alcohol motifs (C(OH)–C–C–N with tert-alkyl or cyclic N) is 1.